The second kappa shape index (κ2) is 7.81. The number of aliphatic hydroxyl groups excluding tert-OH is 1. The van der Waals surface area contributed by atoms with Crippen molar-refractivity contribution in [3.8, 4) is 5.75 Å². The molecular weight excluding hydrogens is 260 g/mol. The van der Waals surface area contributed by atoms with Crippen molar-refractivity contribution in [1.29, 1.82) is 0 Å². The maximum absolute atomic E-state index is 10.5. The van der Waals surface area contributed by atoms with Crippen LogP contribution in [0.3, 0.4) is 0 Å². The van der Waals surface area contributed by atoms with Crippen LogP contribution in [-0.4, -0.2) is 35.3 Å². The van der Waals surface area contributed by atoms with Crippen LogP contribution in [0.5, 0.6) is 5.75 Å². The highest BCUT2D eigenvalue weighted by atomic mass is 16.6. The Morgan fingerprint density at radius 1 is 1.30 bits per heavy atom. The Morgan fingerprint density at radius 3 is 2.35 bits per heavy atom. The third-order valence-electron chi connectivity index (χ3n) is 3.57. The highest BCUT2D eigenvalue weighted by Gasteiger charge is 2.23. The van der Waals surface area contributed by atoms with Crippen molar-refractivity contribution < 1.29 is 14.8 Å². The average molecular weight is 282 g/mol. The van der Waals surface area contributed by atoms with Gasteiger partial charge in [0.1, 0.15) is 12.4 Å². The molecule has 0 aromatic heterocycles. The van der Waals surface area contributed by atoms with E-state index in [1.165, 1.54) is 12.1 Å². The molecule has 0 spiro atoms. The molecule has 1 rings (SSSR count). The molecule has 0 aliphatic rings. The van der Waals surface area contributed by atoms with Crippen molar-refractivity contribution in [2.75, 3.05) is 19.8 Å². The molecule has 0 atom stereocenters. The van der Waals surface area contributed by atoms with Crippen LogP contribution in [0.4, 0.5) is 5.69 Å². The summed E-state index contributed by atoms with van der Waals surface area (Å²) >= 11 is 0. The van der Waals surface area contributed by atoms with Crippen LogP contribution in [0, 0.1) is 10.1 Å². The number of rotatable bonds is 9. The Balaban J connectivity index is 2.39. The van der Waals surface area contributed by atoms with Crippen molar-refractivity contribution in [3.05, 3.63) is 34.4 Å². The summed E-state index contributed by atoms with van der Waals surface area (Å²) in [5.41, 5.74) is -0.203. The average Bonchev–Trinajstić information content (AvgIpc) is 2.49. The van der Waals surface area contributed by atoms with Gasteiger partial charge in [-0.15, -0.1) is 0 Å². The number of hydrogen-bond acceptors (Lipinski definition) is 5. The maximum Gasteiger partial charge on any atom is 0.269 e. The van der Waals surface area contributed by atoms with Gasteiger partial charge in [0.2, 0.25) is 0 Å². The van der Waals surface area contributed by atoms with Crippen molar-refractivity contribution in [2.24, 2.45) is 0 Å². The topological polar surface area (TPSA) is 84.6 Å². The van der Waals surface area contributed by atoms with Crippen LogP contribution in [0.1, 0.15) is 26.7 Å². The summed E-state index contributed by atoms with van der Waals surface area (Å²) in [6, 6.07) is 5.99. The lowest BCUT2D eigenvalue weighted by Gasteiger charge is -2.30. The summed E-state index contributed by atoms with van der Waals surface area (Å²) in [6.07, 6.45) is 1.69. The molecule has 0 unspecified atom stereocenters. The zero-order valence-corrected chi connectivity index (χ0v) is 12.0. The van der Waals surface area contributed by atoms with E-state index in [-0.39, 0.29) is 17.8 Å². The molecule has 0 fully saturated rings. The van der Waals surface area contributed by atoms with E-state index >= 15 is 0 Å². The zero-order valence-electron chi connectivity index (χ0n) is 12.0. The number of hydrogen-bond donors (Lipinski definition) is 2. The number of ether oxygens (including phenoxy) is 1. The van der Waals surface area contributed by atoms with E-state index < -0.39 is 4.92 Å². The second-order valence-electron chi connectivity index (χ2n) is 4.67. The van der Waals surface area contributed by atoms with Crippen molar-refractivity contribution in [2.45, 2.75) is 32.2 Å². The van der Waals surface area contributed by atoms with E-state index in [2.05, 4.69) is 5.32 Å². The number of nitro groups is 1. The Kier molecular flexibility index (Phi) is 6.41. The smallest absolute Gasteiger partial charge is 0.269 e. The quantitative estimate of drug-likeness (QED) is 0.411. The molecule has 6 nitrogen and oxygen atoms in total. The largest absolute Gasteiger partial charge is 0.492 e. The number of non-ortho nitro benzene ring substituents is 1. The standard InChI is InChI=1S/C14H22N2O4/c1-3-14(4-2,11-17)15-9-10-20-13-7-5-12(6-8-13)16(18)19/h5-8,15,17H,3-4,9-11H2,1-2H3. The monoisotopic (exact) mass is 282 g/mol. The molecule has 0 saturated carbocycles. The van der Waals surface area contributed by atoms with Gasteiger partial charge in [0.05, 0.1) is 11.5 Å². The summed E-state index contributed by atoms with van der Waals surface area (Å²) in [7, 11) is 0. The normalized spacial score (nSPS) is 11.3. The third-order valence-corrected chi connectivity index (χ3v) is 3.57. The minimum absolute atomic E-state index is 0.0479. The third kappa shape index (κ3) is 4.47. The minimum atomic E-state index is -0.441. The first kappa shape index (κ1) is 16.4. The Hall–Kier alpha value is -1.66. The summed E-state index contributed by atoms with van der Waals surface area (Å²) in [5, 5.41) is 23.2. The number of nitrogens with zero attached hydrogens (tertiary/aromatic N) is 1. The lowest BCUT2D eigenvalue weighted by molar-refractivity contribution is -0.384. The molecule has 6 heteroatoms. The van der Waals surface area contributed by atoms with E-state index in [0.29, 0.717) is 18.9 Å². The number of aliphatic hydroxyl groups is 1. The van der Waals surface area contributed by atoms with Gasteiger partial charge in [-0.2, -0.15) is 0 Å². The molecule has 0 aliphatic heterocycles. The van der Waals surface area contributed by atoms with Crippen molar-refractivity contribution >= 4 is 5.69 Å². The molecule has 112 valence electrons. The first-order valence-corrected chi connectivity index (χ1v) is 6.80. The fourth-order valence-electron chi connectivity index (χ4n) is 1.93. The molecule has 0 saturated heterocycles. The first-order valence-electron chi connectivity index (χ1n) is 6.80. The molecular formula is C14H22N2O4. The molecule has 0 heterocycles. The number of nitro benzene ring substituents is 1. The van der Waals surface area contributed by atoms with Gasteiger partial charge >= 0.3 is 0 Å². The lowest BCUT2D eigenvalue weighted by Crippen LogP contribution is -2.48. The van der Waals surface area contributed by atoms with Gasteiger partial charge in [0.15, 0.2) is 0 Å². The molecule has 0 radical (unpaired) electrons. The van der Waals surface area contributed by atoms with Gasteiger partial charge in [-0.1, -0.05) is 13.8 Å². The number of nitrogens with one attached hydrogen (secondary N) is 1. The van der Waals surface area contributed by atoms with E-state index in [4.69, 9.17) is 4.74 Å². The Morgan fingerprint density at radius 2 is 1.90 bits per heavy atom. The fourth-order valence-corrected chi connectivity index (χ4v) is 1.93. The van der Waals surface area contributed by atoms with Gasteiger partial charge in [-0.3, -0.25) is 10.1 Å². The first-order chi connectivity index (χ1) is 9.56. The van der Waals surface area contributed by atoms with Crippen molar-refractivity contribution in [1.82, 2.24) is 5.32 Å². The summed E-state index contributed by atoms with van der Waals surface area (Å²) in [5.74, 6) is 0.597. The van der Waals surface area contributed by atoms with Crippen LogP contribution in [0.15, 0.2) is 24.3 Å². The summed E-state index contributed by atoms with van der Waals surface area (Å²) in [6.45, 7) is 5.21. The van der Waals surface area contributed by atoms with Crippen LogP contribution >= 0.6 is 0 Å². The molecule has 1 aromatic carbocycles. The molecule has 20 heavy (non-hydrogen) atoms. The van der Waals surface area contributed by atoms with E-state index in [9.17, 15) is 15.2 Å². The van der Waals surface area contributed by atoms with Crippen LogP contribution in [-0.2, 0) is 0 Å². The number of benzene rings is 1. The van der Waals surface area contributed by atoms with Gasteiger partial charge < -0.3 is 15.2 Å². The fraction of sp³-hybridized carbons (Fsp3) is 0.571. The van der Waals surface area contributed by atoms with Gasteiger partial charge in [-0.25, -0.2) is 0 Å². The van der Waals surface area contributed by atoms with E-state index in [1.807, 2.05) is 13.8 Å². The van der Waals surface area contributed by atoms with Crippen molar-refractivity contribution in [3.63, 3.8) is 0 Å². The highest BCUT2D eigenvalue weighted by Crippen LogP contribution is 2.17. The Labute approximate surface area is 118 Å². The molecule has 1 aromatic rings. The second-order valence-corrected chi connectivity index (χ2v) is 4.67. The zero-order chi connectivity index (χ0) is 15.0. The molecule has 0 bridgehead atoms. The van der Waals surface area contributed by atoms with Gasteiger partial charge in [-0.05, 0) is 25.0 Å². The predicted molar refractivity (Wildman–Crippen MR) is 77.0 cm³/mol. The van der Waals surface area contributed by atoms with Crippen LogP contribution < -0.4 is 10.1 Å². The van der Waals surface area contributed by atoms with E-state index in [0.717, 1.165) is 12.8 Å². The highest BCUT2D eigenvalue weighted by molar-refractivity contribution is 5.35. The molecule has 0 amide bonds. The summed E-state index contributed by atoms with van der Waals surface area (Å²) in [4.78, 5) is 10.1. The SMILES string of the molecule is CCC(CC)(CO)NCCOc1ccc([N+](=O)[O-])cc1. The Bertz CT molecular complexity index is 407. The molecule has 2 N–H and O–H groups in total. The minimum Gasteiger partial charge on any atom is -0.492 e. The van der Waals surface area contributed by atoms with Crippen LogP contribution in [0.25, 0.3) is 0 Å². The van der Waals surface area contributed by atoms with Crippen LogP contribution in [0.2, 0.25) is 0 Å². The van der Waals surface area contributed by atoms with E-state index in [1.54, 1.807) is 12.1 Å². The maximum atomic E-state index is 10.5. The lowest BCUT2D eigenvalue weighted by atomic mass is 9.94. The van der Waals surface area contributed by atoms with Gasteiger partial charge in [0, 0.05) is 24.2 Å². The summed E-state index contributed by atoms with van der Waals surface area (Å²) < 4.78 is 5.50. The van der Waals surface area contributed by atoms with Gasteiger partial charge in [0.25, 0.3) is 5.69 Å². The predicted octanol–water partition coefficient (Wildman–Crippen LogP) is 2.11. The molecule has 0 aliphatic carbocycles.